The van der Waals surface area contributed by atoms with Crippen LogP contribution in [-0.2, 0) is 4.74 Å². The minimum absolute atomic E-state index is 0.0243. The molecule has 1 saturated heterocycles. The molecule has 0 spiro atoms. The van der Waals surface area contributed by atoms with Crippen LogP contribution in [0.25, 0.3) is 0 Å². The zero-order valence-corrected chi connectivity index (χ0v) is 18.7. The van der Waals surface area contributed by atoms with Gasteiger partial charge in [-0.2, -0.15) is 0 Å². The summed E-state index contributed by atoms with van der Waals surface area (Å²) in [5.41, 5.74) is 2.29. The smallest absolute Gasteiger partial charge is 0.410 e. The number of carbonyl (C=O) groups is 2. The van der Waals surface area contributed by atoms with E-state index < -0.39 is 5.60 Å². The number of hydrogen-bond acceptors (Lipinski definition) is 3. The third-order valence-electron chi connectivity index (χ3n) is 5.28. The van der Waals surface area contributed by atoms with Crippen molar-refractivity contribution in [3.05, 3.63) is 70.2 Å². The monoisotopic (exact) mass is 428 g/mol. The Morgan fingerprint density at radius 2 is 1.77 bits per heavy atom. The second kappa shape index (κ2) is 9.09. The highest BCUT2D eigenvalue weighted by atomic mass is 35.5. The molecule has 5 nitrogen and oxygen atoms in total. The van der Waals surface area contributed by atoms with Crippen LogP contribution in [0.4, 0.5) is 4.79 Å². The molecule has 1 fully saturated rings. The number of carbonyl (C=O) groups excluding carboxylic acids is 2. The highest BCUT2D eigenvalue weighted by Gasteiger charge is 2.35. The van der Waals surface area contributed by atoms with Crippen molar-refractivity contribution in [2.75, 3.05) is 13.1 Å². The minimum atomic E-state index is -0.547. The zero-order valence-electron chi connectivity index (χ0n) is 17.9. The third-order valence-corrected chi connectivity index (χ3v) is 5.53. The van der Waals surface area contributed by atoms with Crippen LogP contribution in [0.1, 0.15) is 54.6 Å². The van der Waals surface area contributed by atoms with E-state index in [0.29, 0.717) is 30.1 Å². The van der Waals surface area contributed by atoms with Crippen molar-refractivity contribution < 1.29 is 14.3 Å². The van der Waals surface area contributed by atoms with Crippen molar-refractivity contribution in [3.8, 4) is 0 Å². The largest absolute Gasteiger partial charge is 0.444 e. The molecule has 160 valence electrons. The lowest BCUT2D eigenvalue weighted by molar-refractivity contribution is 0.0177. The molecule has 0 radical (unpaired) electrons. The van der Waals surface area contributed by atoms with Gasteiger partial charge in [-0.15, -0.1) is 0 Å². The first-order chi connectivity index (χ1) is 14.1. The minimum Gasteiger partial charge on any atom is -0.444 e. The molecule has 1 heterocycles. The summed E-state index contributed by atoms with van der Waals surface area (Å²) in [5, 5.41) is 3.77. The number of nitrogens with zero attached hydrogens (tertiary/aromatic N) is 1. The molecule has 0 aromatic heterocycles. The number of rotatable bonds is 3. The molecule has 0 saturated carbocycles. The van der Waals surface area contributed by atoms with Crippen molar-refractivity contribution in [3.63, 3.8) is 0 Å². The molecule has 0 bridgehead atoms. The Labute approximate surface area is 183 Å². The molecule has 1 unspecified atom stereocenters. The summed E-state index contributed by atoms with van der Waals surface area (Å²) >= 11 is 5.94. The standard InChI is InChI=1S/C24H29ClN2O3/c1-16-7-5-6-8-19(16)20-15-27(23(29)30-24(2,3)4)14-13-21(20)26-22(28)17-9-11-18(25)12-10-17/h5-12,20-21H,13-15H2,1-4H3,(H,26,28)/t20-,21?/m0/s1. The molecule has 2 aromatic carbocycles. The predicted molar refractivity (Wildman–Crippen MR) is 119 cm³/mol. The average Bonchev–Trinajstić information content (AvgIpc) is 2.68. The molecule has 6 heteroatoms. The van der Waals surface area contributed by atoms with Gasteiger partial charge in [-0.25, -0.2) is 4.79 Å². The second-order valence-electron chi connectivity index (χ2n) is 8.76. The van der Waals surface area contributed by atoms with Gasteiger partial charge in [-0.1, -0.05) is 35.9 Å². The van der Waals surface area contributed by atoms with Crippen LogP contribution in [0.2, 0.25) is 5.02 Å². The number of benzene rings is 2. The molecule has 0 aliphatic carbocycles. The first-order valence-corrected chi connectivity index (χ1v) is 10.6. The number of aryl methyl sites for hydroxylation is 1. The van der Waals surface area contributed by atoms with Gasteiger partial charge in [0, 0.05) is 35.6 Å². The van der Waals surface area contributed by atoms with Crippen LogP contribution in [0.3, 0.4) is 0 Å². The molecule has 3 rings (SSSR count). The van der Waals surface area contributed by atoms with Crippen LogP contribution in [-0.4, -0.2) is 41.6 Å². The maximum absolute atomic E-state index is 12.8. The molecule has 2 atom stereocenters. The fraction of sp³-hybridized carbons (Fsp3) is 0.417. The lowest BCUT2D eigenvalue weighted by Gasteiger charge is -2.40. The molecule has 1 aliphatic rings. The average molecular weight is 429 g/mol. The van der Waals surface area contributed by atoms with E-state index in [9.17, 15) is 9.59 Å². The van der Waals surface area contributed by atoms with Crippen molar-refractivity contribution >= 4 is 23.6 Å². The Morgan fingerprint density at radius 1 is 1.10 bits per heavy atom. The Kier molecular flexibility index (Phi) is 6.71. The fourth-order valence-corrected chi connectivity index (χ4v) is 3.91. The van der Waals surface area contributed by atoms with Gasteiger partial charge in [-0.05, 0) is 69.5 Å². The van der Waals surface area contributed by atoms with Crippen LogP contribution in [0.5, 0.6) is 0 Å². The summed E-state index contributed by atoms with van der Waals surface area (Å²) < 4.78 is 5.58. The highest BCUT2D eigenvalue weighted by Crippen LogP contribution is 2.30. The number of nitrogens with one attached hydrogen (secondary N) is 1. The topological polar surface area (TPSA) is 58.6 Å². The van der Waals surface area contributed by atoms with Crippen molar-refractivity contribution in [2.24, 2.45) is 0 Å². The summed E-state index contributed by atoms with van der Waals surface area (Å²) in [6.45, 7) is 8.67. The number of hydrogen-bond donors (Lipinski definition) is 1. The van der Waals surface area contributed by atoms with E-state index in [1.807, 2.05) is 32.9 Å². The van der Waals surface area contributed by atoms with Crippen LogP contribution in [0, 0.1) is 6.92 Å². The highest BCUT2D eigenvalue weighted by molar-refractivity contribution is 6.30. The molecule has 1 aliphatic heterocycles. The second-order valence-corrected chi connectivity index (χ2v) is 9.20. The zero-order chi connectivity index (χ0) is 21.9. The molecule has 2 amide bonds. The molecule has 30 heavy (non-hydrogen) atoms. The van der Waals surface area contributed by atoms with E-state index in [1.165, 1.54) is 0 Å². The third kappa shape index (κ3) is 5.54. The van der Waals surface area contributed by atoms with Gasteiger partial charge in [0.15, 0.2) is 0 Å². The predicted octanol–water partition coefficient (Wildman–Crippen LogP) is 5.17. The van der Waals surface area contributed by atoms with E-state index in [1.54, 1.807) is 29.2 Å². The normalized spacial score (nSPS) is 19.3. The number of piperidine rings is 1. The SMILES string of the molecule is Cc1ccccc1[C@@H]1CN(C(=O)OC(C)(C)C)CCC1NC(=O)c1ccc(Cl)cc1. The van der Waals surface area contributed by atoms with Gasteiger partial charge < -0.3 is 15.0 Å². The number of ether oxygens (including phenoxy) is 1. The Morgan fingerprint density at radius 3 is 2.40 bits per heavy atom. The fourth-order valence-electron chi connectivity index (χ4n) is 3.79. The quantitative estimate of drug-likeness (QED) is 0.733. The van der Waals surface area contributed by atoms with Crippen LogP contribution in [0.15, 0.2) is 48.5 Å². The van der Waals surface area contributed by atoms with Gasteiger partial charge in [-0.3, -0.25) is 4.79 Å². The number of halogens is 1. The number of likely N-dealkylation sites (tertiary alicyclic amines) is 1. The lowest BCUT2D eigenvalue weighted by Crippen LogP contribution is -2.52. The summed E-state index contributed by atoms with van der Waals surface area (Å²) in [4.78, 5) is 27.2. The van der Waals surface area contributed by atoms with Gasteiger partial charge in [0.1, 0.15) is 5.60 Å². The van der Waals surface area contributed by atoms with Gasteiger partial charge in [0.2, 0.25) is 0 Å². The van der Waals surface area contributed by atoms with E-state index in [2.05, 4.69) is 24.4 Å². The summed E-state index contributed by atoms with van der Waals surface area (Å²) in [7, 11) is 0. The van der Waals surface area contributed by atoms with Crippen molar-refractivity contribution in [2.45, 2.75) is 51.7 Å². The molecular formula is C24H29ClN2O3. The Hall–Kier alpha value is -2.53. The lowest BCUT2D eigenvalue weighted by atomic mass is 9.83. The first-order valence-electron chi connectivity index (χ1n) is 10.2. The van der Waals surface area contributed by atoms with Gasteiger partial charge >= 0.3 is 6.09 Å². The summed E-state index contributed by atoms with van der Waals surface area (Å²) in [6, 6.07) is 14.9. The van der Waals surface area contributed by atoms with Gasteiger partial charge in [0.25, 0.3) is 5.91 Å². The number of amides is 2. The first kappa shape index (κ1) is 22.2. The van der Waals surface area contributed by atoms with Crippen LogP contribution < -0.4 is 5.32 Å². The van der Waals surface area contributed by atoms with Crippen molar-refractivity contribution in [1.29, 1.82) is 0 Å². The molecular weight excluding hydrogens is 400 g/mol. The van der Waals surface area contributed by atoms with E-state index >= 15 is 0 Å². The van der Waals surface area contributed by atoms with Crippen LogP contribution >= 0.6 is 11.6 Å². The van der Waals surface area contributed by atoms with E-state index in [-0.39, 0.29) is 24.0 Å². The molecule has 1 N–H and O–H groups in total. The maximum Gasteiger partial charge on any atom is 0.410 e. The Bertz CT molecular complexity index is 905. The maximum atomic E-state index is 12.8. The Balaban J connectivity index is 1.81. The summed E-state index contributed by atoms with van der Waals surface area (Å²) in [5.74, 6) is -0.162. The summed E-state index contributed by atoms with van der Waals surface area (Å²) in [6.07, 6.45) is 0.334. The van der Waals surface area contributed by atoms with Crippen molar-refractivity contribution in [1.82, 2.24) is 10.2 Å². The van der Waals surface area contributed by atoms with E-state index in [0.717, 1.165) is 11.1 Å². The van der Waals surface area contributed by atoms with Gasteiger partial charge in [0.05, 0.1) is 0 Å². The molecule has 2 aromatic rings. The van der Waals surface area contributed by atoms with E-state index in [4.69, 9.17) is 16.3 Å².